The van der Waals surface area contributed by atoms with Crippen LogP contribution < -0.4 is 5.32 Å². The van der Waals surface area contributed by atoms with Crippen molar-refractivity contribution in [3.05, 3.63) is 0 Å². The first-order chi connectivity index (χ1) is 7.29. The lowest BCUT2D eigenvalue weighted by atomic mass is 10.0. The maximum atomic E-state index is 11.1. The molecule has 0 amide bonds. The summed E-state index contributed by atoms with van der Waals surface area (Å²) in [6.07, 6.45) is 1.92. The van der Waals surface area contributed by atoms with Crippen LogP contribution in [0.25, 0.3) is 0 Å². The van der Waals surface area contributed by atoms with Gasteiger partial charge in [-0.2, -0.15) is 0 Å². The summed E-state index contributed by atoms with van der Waals surface area (Å²) in [7, 11) is 0. The monoisotopic (exact) mass is 214 g/mol. The molecule has 0 saturated carbocycles. The maximum absolute atomic E-state index is 11.1. The smallest absolute Gasteiger partial charge is 0.322 e. The largest absolute Gasteiger partial charge is 0.480 e. The van der Waals surface area contributed by atoms with Crippen molar-refractivity contribution in [3.8, 4) is 0 Å². The Hall–Kier alpha value is -0.650. The highest BCUT2D eigenvalue weighted by atomic mass is 16.5. The molecule has 15 heavy (non-hydrogen) atoms. The minimum absolute atomic E-state index is 0.359. The summed E-state index contributed by atoms with van der Waals surface area (Å²) in [4.78, 5) is 13.2. The van der Waals surface area contributed by atoms with Crippen molar-refractivity contribution in [1.82, 2.24) is 10.2 Å². The number of carbonyl (C=O) groups is 1. The Kier molecular flexibility index (Phi) is 3.56. The maximum Gasteiger partial charge on any atom is 0.322 e. The molecule has 5 nitrogen and oxygen atoms in total. The molecular formula is C10H18N2O3. The van der Waals surface area contributed by atoms with Gasteiger partial charge in [-0.1, -0.05) is 0 Å². The zero-order valence-electron chi connectivity index (χ0n) is 8.82. The predicted molar refractivity (Wildman–Crippen MR) is 54.8 cm³/mol. The van der Waals surface area contributed by atoms with Crippen molar-refractivity contribution in [2.75, 3.05) is 32.8 Å². The highest BCUT2D eigenvalue weighted by Crippen LogP contribution is 2.18. The molecule has 1 atom stereocenters. The van der Waals surface area contributed by atoms with E-state index in [4.69, 9.17) is 9.84 Å². The number of carboxylic acid groups (broad SMARTS) is 1. The second kappa shape index (κ2) is 4.92. The number of hydrogen-bond acceptors (Lipinski definition) is 4. The van der Waals surface area contributed by atoms with Crippen molar-refractivity contribution >= 4 is 5.97 Å². The van der Waals surface area contributed by atoms with Gasteiger partial charge in [0.2, 0.25) is 0 Å². The third kappa shape index (κ3) is 2.48. The van der Waals surface area contributed by atoms with E-state index >= 15 is 0 Å². The van der Waals surface area contributed by atoms with Crippen LogP contribution in [-0.2, 0) is 9.53 Å². The van der Waals surface area contributed by atoms with Gasteiger partial charge in [0.05, 0.1) is 0 Å². The summed E-state index contributed by atoms with van der Waals surface area (Å²) in [5, 5.41) is 12.3. The molecule has 0 spiro atoms. The van der Waals surface area contributed by atoms with E-state index in [1.165, 1.54) is 0 Å². The zero-order chi connectivity index (χ0) is 10.7. The van der Waals surface area contributed by atoms with Crippen LogP contribution in [0.1, 0.15) is 12.8 Å². The Morgan fingerprint density at radius 1 is 1.40 bits per heavy atom. The van der Waals surface area contributed by atoms with E-state index in [9.17, 15) is 4.79 Å². The molecule has 2 saturated heterocycles. The van der Waals surface area contributed by atoms with Gasteiger partial charge >= 0.3 is 5.97 Å². The van der Waals surface area contributed by atoms with E-state index in [0.717, 1.165) is 39.1 Å². The van der Waals surface area contributed by atoms with E-state index in [1.54, 1.807) is 0 Å². The zero-order valence-corrected chi connectivity index (χ0v) is 8.82. The number of rotatable bonds is 2. The Morgan fingerprint density at radius 3 is 2.80 bits per heavy atom. The molecule has 2 heterocycles. The Morgan fingerprint density at radius 2 is 2.13 bits per heavy atom. The average molecular weight is 214 g/mol. The molecular weight excluding hydrogens is 196 g/mol. The number of carboxylic acids is 1. The normalized spacial score (nSPS) is 30.3. The fourth-order valence-electron chi connectivity index (χ4n) is 2.40. The predicted octanol–water partition coefficient (Wildman–Crippen LogP) is -0.476. The van der Waals surface area contributed by atoms with Gasteiger partial charge in [0.25, 0.3) is 0 Å². The molecule has 0 aromatic carbocycles. The Bertz CT molecular complexity index is 229. The SMILES string of the molecule is O=C(O)C1CNCCN1C1CCOCC1. The summed E-state index contributed by atoms with van der Waals surface area (Å²) >= 11 is 0. The lowest BCUT2D eigenvalue weighted by Gasteiger charge is -2.40. The average Bonchev–Trinajstić information content (AvgIpc) is 2.30. The van der Waals surface area contributed by atoms with E-state index in [-0.39, 0.29) is 6.04 Å². The van der Waals surface area contributed by atoms with Crippen LogP contribution in [0.4, 0.5) is 0 Å². The molecule has 2 aliphatic rings. The quantitative estimate of drug-likeness (QED) is 0.650. The van der Waals surface area contributed by atoms with Gasteiger partial charge in [0.15, 0.2) is 0 Å². The molecule has 0 aromatic heterocycles. The van der Waals surface area contributed by atoms with Crippen LogP contribution in [0, 0.1) is 0 Å². The highest BCUT2D eigenvalue weighted by Gasteiger charge is 2.33. The van der Waals surface area contributed by atoms with Crippen molar-refractivity contribution in [2.45, 2.75) is 24.9 Å². The molecule has 2 rings (SSSR count). The van der Waals surface area contributed by atoms with Crippen molar-refractivity contribution in [1.29, 1.82) is 0 Å². The number of ether oxygens (including phenoxy) is 1. The first-order valence-electron chi connectivity index (χ1n) is 5.56. The van der Waals surface area contributed by atoms with Gasteiger partial charge in [0.1, 0.15) is 6.04 Å². The summed E-state index contributed by atoms with van der Waals surface area (Å²) in [5.41, 5.74) is 0. The molecule has 0 aliphatic carbocycles. The standard InChI is InChI=1S/C10H18N2O3/c13-10(14)9-7-11-3-4-12(9)8-1-5-15-6-2-8/h8-9,11H,1-7H2,(H,13,14). The second-order valence-corrected chi connectivity index (χ2v) is 4.14. The minimum atomic E-state index is -0.714. The molecule has 0 aromatic rings. The molecule has 2 aliphatic heterocycles. The van der Waals surface area contributed by atoms with E-state index in [2.05, 4.69) is 10.2 Å². The fraction of sp³-hybridized carbons (Fsp3) is 0.900. The number of hydrogen-bond donors (Lipinski definition) is 2. The molecule has 0 bridgehead atoms. The van der Waals surface area contributed by atoms with E-state index < -0.39 is 5.97 Å². The second-order valence-electron chi connectivity index (χ2n) is 4.14. The highest BCUT2D eigenvalue weighted by molar-refractivity contribution is 5.74. The van der Waals surface area contributed by atoms with Crippen LogP contribution >= 0.6 is 0 Å². The van der Waals surface area contributed by atoms with E-state index in [1.807, 2.05) is 0 Å². The molecule has 2 N–H and O–H groups in total. The van der Waals surface area contributed by atoms with Gasteiger partial charge in [-0.05, 0) is 12.8 Å². The molecule has 0 radical (unpaired) electrons. The number of aliphatic carboxylic acids is 1. The molecule has 86 valence electrons. The van der Waals surface area contributed by atoms with E-state index in [0.29, 0.717) is 12.6 Å². The minimum Gasteiger partial charge on any atom is -0.480 e. The van der Waals surface area contributed by atoms with Crippen LogP contribution in [-0.4, -0.2) is 60.9 Å². The summed E-state index contributed by atoms with van der Waals surface area (Å²) < 4.78 is 5.30. The molecule has 5 heteroatoms. The fourth-order valence-corrected chi connectivity index (χ4v) is 2.40. The number of nitrogens with zero attached hydrogens (tertiary/aromatic N) is 1. The number of nitrogens with one attached hydrogen (secondary N) is 1. The van der Waals surface area contributed by atoms with Gasteiger partial charge < -0.3 is 15.2 Å². The van der Waals surface area contributed by atoms with Gasteiger partial charge in [-0.3, -0.25) is 9.69 Å². The summed E-state index contributed by atoms with van der Waals surface area (Å²) in [6, 6.07) is 0.0313. The topological polar surface area (TPSA) is 61.8 Å². The Labute approximate surface area is 89.4 Å². The molecule has 2 fully saturated rings. The van der Waals surface area contributed by atoms with Gasteiger partial charge in [-0.15, -0.1) is 0 Å². The summed E-state index contributed by atoms with van der Waals surface area (Å²) in [5.74, 6) is -0.714. The lowest BCUT2D eigenvalue weighted by Crippen LogP contribution is -2.59. The number of piperazine rings is 1. The third-order valence-electron chi connectivity index (χ3n) is 3.23. The first kappa shape index (κ1) is 10.9. The Balaban J connectivity index is 1.99. The summed E-state index contributed by atoms with van der Waals surface area (Å²) in [6.45, 7) is 3.82. The van der Waals surface area contributed by atoms with Crippen LogP contribution in [0.3, 0.4) is 0 Å². The van der Waals surface area contributed by atoms with Crippen LogP contribution in [0.2, 0.25) is 0 Å². The van der Waals surface area contributed by atoms with Crippen molar-refractivity contribution in [3.63, 3.8) is 0 Å². The van der Waals surface area contributed by atoms with Crippen molar-refractivity contribution < 1.29 is 14.6 Å². The van der Waals surface area contributed by atoms with Gasteiger partial charge in [0, 0.05) is 38.9 Å². The third-order valence-corrected chi connectivity index (χ3v) is 3.23. The lowest BCUT2D eigenvalue weighted by molar-refractivity contribution is -0.146. The van der Waals surface area contributed by atoms with Crippen LogP contribution in [0.15, 0.2) is 0 Å². The van der Waals surface area contributed by atoms with Crippen molar-refractivity contribution in [2.24, 2.45) is 0 Å². The molecule has 1 unspecified atom stereocenters. The van der Waals surface area contributed by atoms with Gasteiger partial charge in [-0.25, -0.2) is 0 Å². The van der Waals surface area contributed by atoms with Crippen LogP contribution in [0.5, 0.6) is 0 Å². The first-order valence-corrected chi connectivity index (χ1v) is 5.56.